The van der Waals surface area contributed by atoms with Crippen molar-refractivity contribution in [1.82, 2.24) is 5.32 Å². The van der Waals surface area contributed by atoms with Crippen molar-refractivity contribution < 1.29 is 9.18 Å². The summed E-state index contributed by atoms with van der Waals surface area (Å²) in [6, 6.07) is 14.0. The number of aliphatic imine (C=N–C) groups is 1. The predicted octanol–water partition coefficient (Wildman–Crippen LogP) is 4.48. The summed E-state index contributed by atoms with van der Waals surface area (Å²) in [6.45, 7) is 0. The van der Waals surface area contributed by atoms with Gasteiger partial charge in [0.05, 0.1) is 15.1 Å². The molecule has 0 aromatic heterocycles. The highest BCUT2D eigenvalue weighted by Crippen LogP contribution is 2.28. The Kier molecular flexibility index (Phi) is 4.40. The van der Waals surface area contributed by atoms with Gasteiger partial charge in [0.2, 0.25) is 0 Å². The fraction of sp³-hybridized carbons (Fsp3) is 0. The van der Waals surface area contributed by atoms with E-state index in [-0.39, 0.29) is 11.7 Å². The van der Waals surface area contributed by atoms with Crippen LogP contribution in [0.15, 0.2) is 62.9 Å². The van der Waals surface area contributed by atoms with E-state index in [2.05, 4.69) is 26.2 Å². The second kappa shape index (κ2) is 6.46. The van der Waals surface area contributed by atoms with E-state index in [0.717, 1.165) is 11.3 Å². The standard InChI is InChI=1S/C16H10BrFN2OS/c17-12-8-10(6-7-13(12)18)9-14-15(21)20-16(22-14)19-11-4-2-1-3-5-11/h1-9H,(H,19,20,21)/b14-9-. The Morgan fingerprint density at radius 2 is 1.95 bits per heavy atom. The summed E-state index contributed by atoms with van der Waals surface area (Å²) in [5.74, 6) is -0.544. The molecular weight excluding hydrogens is 367 g/mol. The molecule has 3 rings (SSSR count). The average Bonchev–Trinajstić information content (AvgIpc) is 2.84. The number of benzene rings is 2. The summed E-state index contributed by atoms with van der Waals surface area (Å²) in [5.41, 5.74) is 1.52. The molecule has 1 amide bonds. The highest BCUT2D eigenvalue weighted by Gasteiger charge is 2.23. The molecule has 22 heavy (non-hydrogen) atoms. The molecule has 1 aliphatic heterocycles. The lowest BCUT2D eigenvalue weighted by Gasteiger charge is -1.97. The van der Waals surface area contributed by atoms with Crippen LogP contribution in [0.2, 0.25) is 0 Å². The van der Waals surface area contributed by atoms with E-state index < -0.39 is 0 Å². The van der Waals surface area contributed by atoms with Crippen LogP contribution >= 0.6 is 27.7 Å². The largest absolute Gasteiger partial charge is 0.300 e. The normalized spacial score (nSPS) is 18.0. The number of para-hydroxylation sites is 1. The Balaban J connectivity index is 1.84. The van der Waals surface area contributed by atoms with Crippen LogP contribution in [0.1, 0.15) is 5.56 Å². The number of carbonyl (C=O) groups excluding carboxylic acids is 1. The Labute approximate surface area is 139 Å². The van der Waals surface area contributed by atoms with Crippen molar-refractivity contribution in [3.05, 3.63) is 69.3 Å². The van der Waals surface area contributed by atoms with Crippen LogP contribution in [0.5, 0.6) is 0 Å². The Morgan fingerprint density at radius 3 is 2.68 bits per heavy atom. The van der Waals surface area contributed by atoms with E-state index in [0.29, 0.717) is 14.5 Å². The van der Waals surface area contributed by atoms with Crippen molar-refractivity contribution in [2.75, 3.05) is 0 Å². The summed E-state index contributed by atoms with van der Waals surface area (Å²) < 4.78 is 13.6. The maximum atomic E-state index is 13.2. The van der Waals surface area contributed by atoms with Gasteiger partial charge in [-0.25, -0.2) is 9.38 Å². The quantitative estimate of drug-likeness (QED) is 0.785. The van der Waals surface area contributed by atoms with Gasteiger partial charge < -0.3 is 5.32 Å². The second-order valence-corrected chi connectivity index (χ2v) is 6.38. The zero-order valence-corrected chi connectivity index (χ0v) is 13.6. The molecule has 0 aliphatic carbocycles. The molecule has 0 bridgehead atoms. The number of amides is 1. The van der Waals surface area contributed by atoms with Gasteiger partial charge in [-0.15, -0.1) is 0 Å². The summed E-state index contributed by atoms with van der Waals surface area (Å²) >= 11 is 4.39. The van der Waals surface area contributed by atoms with E-state index >= 15 is 0 Å². The van der Waals surface area contributed by atoms with E-state index in [9.17, 15) is 9.18 Å². The monoisotopic (exact) mass is 376 g/mol. The van der Waals surface area contributed by atoms with Crippen LogP contribution in [0, 0.1) is 5.82 Å². The van der Waals surface area contributed by atoms with Gasteiger partial charge in [-0.05, 0) is 63.6 Å². The van der Waals surface area contributed by atoms with Gasteiger partial charge in [-0.1, -0.05) is 24.3 Å². The summed E-state index contributed by atoms with van der Waals surface area (Å²) in [7, 11) is 0. The highest BCUT2D eigenvalue weighted by molar-refractivity contribution is 9.10. The Morgan fingerprint density at radius 1 is 1.18 bits per heavy atom. The Bertz CT molecular complexity index is 790. The third-order valence-corrected chi connectivity index (χ3v) is 4.40. The zero-order chi connectivity index (χ0) is 15.5. The molecule has 1 heterocycles. The minimum absolute atomic E-state index is 0.208. The lowest BCUT2D eigenvalue weighted by Crippen LogP contribution is -2.19. The molecule has 6 heteroatoms. The van der Waals surface area contributed by atoms with E-state index in [1.807, 2.05) is 30.3 Å². The molecule has 1 aliphatic rings. The van der Waals surface area contributed by atoms with Crippen LogP contribution in [-0.2, 0) is 4.79 Å². The number of halogens is 2. The van der Waals surface area contributed by atoms with Crippen molar-refractivity contribution in [2.45, 2.75) is 0 Å². The summed E-state index contributed by atoms with van der Waals surface area (Å²) in [5, 5.41) is 3.25. The number of hydrogen-bond acceptors (Lipinski definition) is 3. The van der Waals surface area contributed by atoms with Gasteiger partial charge in [0.1, 0.15) is 5.82 Å². The van der Waals surface area contributed by atoms with Gasteiger partial charge in [0.25, 0.3) is 5.91 Å². The van der Waals surface area contributed by atoms with Crippen molar-refractivity contribution >= 4 is 50.5 Å². The number of nitrogens with zero attached hydrogens (tertiary/aromatic N) is 1. The molecule has 3 nitrogen and oxygen atoms in total. The smallest absolute Gasteiger partial charge is 0.264 e. The molecule has 0 spiro atoms. The number of thioether (sulfide) groups is 1. The topological polar surface area (TPSA) is 41.5 Å². The van der Waals surface area contributed by atoms with Gasteiger partial charge in [-0.2, -0.15) is 0 Å². The maximum absolute atomic E-state index is 13.2. The first-order valence-electron chi connectivity index (χ1n) is 6.41. The second-order valence-electron chi connectivity index (χ2n) is 4.49. The molecular formula is C16H10BrFN2OS. The predicted molar refractivity (Wildman–Crippen MR) is 91.3 cm³/mol. The van der Waals surface area contributed by atoms with Crippen LogP contribution in [0.4, 0.5) is 10.1 Å². The first-order valence-corrected chi connectivity index (χ1v) is 8.02. The highest BCUT2D eigenvalue weighted by atomic mass is 79.9. The number of rotatable bonds is 2. The van der Waals surface area contributed by atoms with Crippen LogP contribution in [-0.4, -0.2) is 11.1 Å². The molecule has 1 N–H and O–H groups in total. The number of carbonyl (C=O) groups is 1. The van der Waals surface area contributed by atoms with Gasteiger partial charge in [-0.3, -0.25) is 4.79 Å². The third kappa shape index (κ3) is 3.45. The summed E-state index contributed by atoms with van der Waals surface area (Å²) in [6.07, 6.45) is 1.71. The lowest BCUT2D eigenvalue weighted by atomic mass is 10.2. The zero-order valence-electron chi connectivity index (χ0n) is 11.2. The molecule has 1 saturated heterocycles. The molecule has 2 aromatic rings. The van der Waals surface area contributed by atoms with Crippen LogP contribution < -0.4 is 5.32 Å². The van der Waals surface area contributed by atoms with E-state index in [1.165, 1.54) is 17.8 Å². The van der Waals surface area contributed by atoms with E-state index in [4.69, 9.17) is 0 Å². The lowest BCUT2D eigenvalue weighted by molar-refractivity contribution is -0.115. The Hall–Kier alpha value is -1.92. The molecule has 0 unspecified atom stereocenters. The third-order valence-electron chi connectivity index (χ3n) is 2.88. The van der Waals surface area contributed by atoms with Crippen molar-refractivity contribution in [1.29, 1.82) is 0 Å². The van der Waals surface area contributed by atoms with Crippen molar-refractivity contribution in [3.63, 3.8) is 0 Å². The van der Waals surface area contributed by atoms with Crippen LogP contribution in [0.25, 0.3) is 6.08 Å². The average molecular weight is 377 g/mol. The number of nitrogens with one attached hydrogen (secondary N) is 1. The first kappa shape index (κ1) is 15.0. The van der Waals surface area contributed by atoms with Crippen LogP contribution in [0.3, 0.4) is 0 Å². The SMILES string of the molecule is O=C1NC(=Nc2ccccc2)S/C1=C\c1ccc(F)c(Br)c1. The van der Waals surface area contributed by atoms with Gasteiger partial charge >= 0.3 is 0 Å². The van der Waals surface area contributed by atoms with Crippen molar-refractivity contribution in [2.24, 2.45) is 4.99 Å². The molecule has 0 atom stereocenters. The number of amidine groups is 1. The number of hydrogen-bond donors (Lipinski definition) is 1. The minimum atomic E-state index is -0.336. The first-order chi connectivity index (χ1) is 10.6. The molecule has 1 fully saturated rings. The molecule has 0 radical (unpaired) electrons. The fourth-order valence-electron chi connectivity index (χ4n) is 1.85. The molecule has 110 valence electrons. The van der Waals surface area contributed by atoms with E-state index in [1.54, 1.807) is 18.2 Å². The fourth-order valence-corrected chi connectivity index (χ4v) is 3.09. The van der Waals surface area contributed by atoms with Gasteiger partial charge in [0.15, 0.2) is 5.17 Å². The molecule has 0 saturated carbocycles. The summed E-state index contributed by atoms with van der Waals surface area (Å²) in [4.78, 5) is 16.9. The molecule has 2 aromatic carbocycles. The minimum Gasteiger partial charge on any atom is -0.300 e. The van der Waals surface area contributed by atoms with Crippen molar-refractivity contribution in [3.8, 4) is 0 Å². The van der Waals surface area contributed by atoms with Gasteiger partial charge in [0, 0.05) is 0 Å². The maximum Gasteiger partial charge on any atom is 0.264 e.